The van der Waals surface area contributed by atoms with Crippen molar-refractivity contribution in [2.45, 2.75) is 0 Å². The predicted molar refractivity (Wildman–Crippen MR) is 78.6 cm³/mol. The molecule has 0 aliphatic rings. The predicted octanol–water partition coefficient (Wildman–Crippen LogP) is 2.24. The Bertz CT molecular complexity index is 815. The molecule has 0 amide bonds. The number of aromatic amines is 1. The van der Waals surface area contributed by atoms with Crippen LogP contribution in [0.5, 0.6) is 5.75 Å². The lowest BCUT2D eigenvalue weighted by Crippen LogP contribution is -1.98. The van der Waals surface area contributed by atoms with Crippen molar-refractivity contribution < 1.29 is 14.6 Å². The topological polar surface area (TPSA) is 101 Å². The molecule has 3 aromatic rings. The molecule has 7 nitrogen and oxygen atoms in total. The molecule has 7 heteroatoms. The van der Waals surface area contributed by atoms with Crippen molar-refractivity contribution in [3.63, 3.8) is 0 Å². The Morgan fingerprint density at radius 2 is 1.95 bits per heavy atom. The SMILES string of the molecule is COc1ccccc1-c1cc(C(=O)O)cc(-c2nn[nH]n2)c1. The molecule has 1 heterocycles. The van der Waals surface area contributed by atoms with Crippen LogP contribution in [0.25, 0.3) is 22.5 Å². The van der Waals surface area contributed by atoms with Gasteiger partial charge in [-0.15, -0.1) is 10.2 Å². The minimum atomic E-state index is -1.03. The molecule has 0 atom stereocenters. The number of tetrazole rings is 1. The summed E-state index contributed by atoms with van der Waals surface area (Å²) in [5.41, 5.74) is 2.20. The fraction of sp³-hybridized carbons (Fsp3) is 0.0667. The van der Waals surface area contributed by atoms with E-state index in [-0.39, 0.29) is 5.56 Å². The van der Waals surface area contributed by atoms with Crippen molar-refractivity contribution in [3.8, 4) is 28.3 Å². The molecular weight excluding hydrogens is 284 g/mol. The van der Waals surface area contributed by atoms with Crippen molar-refractivity contribution >= 4 is 5.97 Å². The Labute approximate surface area is 125 Å². The number of nitrogens with zero attached hydrogens (tertiary/aromatic N) is 3. The number of nitrogens with one attached hydrogen (secondary N) is 1. The summed E-state index contributed by atoms with van der Waals surface area (Å²) in [5.74, 6) is -0.0372. The molecule has 3 rings (SSSR count). The number of H-pyrrole nitrogens is 1. The fourth-order valence-corrected chi connectivity index (χ4v) is 2.20. The normalized spacial score (nSPS) is 10.4. The van der Waals surface area contributed by atoms with E-state index in [9.17, 15) is 9.90 Å². The summed E-state index contributed by atoms with van der Waals surface area (Å²) in [4.78, 5) is 11.4. The van der Waals surface area contributed by atoms with Gasteiger partial charge in [0.15, 0.2) is 0 Å². The maximum Gasteiger partial charge on any atom is 0.335 e. The summed E-state index contributed by atoms with van der Waals surface area (Å²) in [5, 5.41) is 23.0. The molecule has 0 aliphatic heterocycles. The number of aromatic carboxylic acids is 1. The third kappa shape index (κ3) is 2.51. The summed E-state index contributed by atoms with van der Waals surface area (Å²) in [7, 11) is 1.57. The first-order chi connectivity index (χ1) is 10.7. The van der Waals surface area contributed by atoms with Gasteiger partial charge in [0.25, 0.3) is 0 Å². The van der Waals surface area contributed by atoms with Gasteiger partial charge in [-0.1, -0.05) is 18.2 Å². The Hall–Kier alpha value is -3.22. The zero-order valence-electron chi connectivity index (χ0n) is 11.6. The zero-order valence-corrected chi connectivity index (χ0v) is 11.6. The van der Waals surface area contributed by atoms with E-state index < -0.39 is 5.97 Å². The minimum absolute atomic E-state index is 0.142. The minimum Gasteiger partial charge on any atom is -0.496 e. The number of carbonyl (C=O) groups is 1. The highest BCUT2D eigenvalue weighted by Gasteiger charge is 2.14. The lowest BCUT2D eigenvalue weighted by Gasteiger charge is -2.10. The van der Waals surface area contributed by atoms with Crippen LogP contribution in [0.2, 0.25) is 0 Å². The highest BCUT2D eigenvalue weighted by molar-refractivity contribution is 5.92. The lowest BCUT2D eigenvalue weighted by molar-refractivity contribution is 0.0697. The highest BCUT2D eigenvalue weighted by atomic mass is 16.5. The first-order valence-corrected chi connectivity index (χ1v) is 6.44. The van der Waals surface area contributed by atoms with Crippen molar-refractivity contribution in [1.82, 2.24) is 20.6 Å². The molecule has 0 saturated carbocycles. The Kier molecular flexibility index (Phi) is 3.53. The van der Waals surface area contributed by atoms with Gasteiger partial charge in [-0.25, -0.2) is 4.79 Å². The number of carboxylic acid groups (broad SMARTS) is 1. The van der Waals surface area contributed by atoms with Gasteiger partial charge in [0.05, 0.1) is 12.7 Å². The monoisotopic (exact) mass is 296 g/mol. The van der Waals surface area contributed by atoms with Crippen molar-refractivity contribution in [1.29, 1.82) is 0 Å². The second-order valence-electron chi connectivity index (χ2n) is 4.54. The summed E-state index contributed by atoms with van der Waals surface area (Å²) >= 11 is 0. The highest BCUT2D eigenvalue weighted by Crippen LogP contribution is 2.32. The smallest absolute Gasteiger partial charge is 0.335 e. The van der Waals surface area contributed by atoms with Crippen LogP contribution in [0.3, 0.4) is 0 Å². The van der Waals surface area contributed by atoms with Gasteiger partial charge in [-0.2, -0.15) is 5.21 Å². The molecule has 110 valence electrons. The molecule has 0 spiro atoms. The summed E-state index contributed by atoms with van der Waals surface area (Å²) in [6.45, 7) is 0. The van der Waals surface area contributed by atoms with Gasteiger partial charge in [-0.3, -0.25) is 0 Å². The standard InChI is InChI=1S/C15H12N4O3/c1-22-13-5-3-2-4-12(13)9-6-10(14-16-18-19-17-14)8-11(7-9)15(20)21/h2-8H,1H3,(H,20,21)(H,16,17,18,19). The number of aromatic nitrogens is 4. The van der Waals surface area contributed by atoms with Gasteiger partial charge < -0.3 is 9.84 Å². The molecule has 0 bridgehead atoms. The first kappa shape index (κ1) is 13.7. The van der Waals surface area contributed by atoms with E-state index in [1.165, 1.54) is 6.07 Å². The number of ether oxygens (including phenoxy) is 1. The largest absolute Gasteiger partial charge is 0.496 e. The van der Waals surface area contributed by atoms with Crippen LogP contribution in [0.4, 0.5) is 0 Å². The van der Waals surface area contributed by atoms with Gasteiger partial charge >= 0.3 is 5.97 Å². The molecule has 0 aliphatic carbocycles. The molecular formula is C15H12N4O3. The second kappa shape index (κ2) is 5.65. The summed E-state index contributed by atoms with van der Waals surface area (Å²) in [6.07, 6.45) is 0. The second-order valence-corrected chi connectivity index (χ2v) is 4.54. The van der Waals surface area contributed by atoms with Crippen LogP contribution in [0.15, 0.2) is 42.5 Å². The number of rotatable bonds is 4. The van der Waals surface area contributed by atoms with E-state index in [0.29, 0.717) is 22.7 Å². The van der Waals surface area contributed by atoms with Crippen LogP contribution in [0, 0.1) is 0 Å². The van der Waals surface area contributed by atoms with Gasteiger partial charge in [0.2, 0.25) is 5.82 Å². The third-order valence-corrected chi connectivity index (χ3v) is 3.20. The number of para-hydroxylation sites is 1. The number of hydrogen-bond donors (Lipinski definition) is 2. The van der Waals surface area contributed by atoms with E-state index >= 15 is 0 Å². The Morgan fingerprint density at radius 1 is 1.18 bits per heavy atom. The van der Waals surface area contributed by atoms with E-state index in [2.05, 4.69) is 20.6 Å². The van der Waals surface area contributed by atoms with Crippen LogP contribution < -0.4 is 4.74 Å². The molecule has 0 fully saturated rings. The van der Waals surface area contributed by atoms with Crippen LogP contribution >= 0.6 is 0 Å². The van der Waals surface area contributed by atoms with Gasteiger partial charge in [0.1, 0.15) is 5.75 Å². The number of methoxy groups -OCH3 is 1. The molecule has 2 aromatic carbocycles. The molecule has 22 heavy (non-hydrogen) atoms. The van der Waals surface area contributed by atoms with E-state index in [1.807, 2.05) is 24.3 Å². The third-order valence-electron chi connectivity index (χ3n) is 3.20. The lowest BCUT2D eigenvalue weighted by atomic mass is 9.98. The first-order valence-electron chi connectivity index (χ1n) is 6.44. The van der Waals surface area contributed by atoms with Crippen molar-refractivity contribution in [2.75, 3.05) is 7.11 Å². The summed E-state index contributed by atoms with van der Waals surface area (Å²) in [6, 6.07) is 12.3. The van der Waals surface area contributed by atoms with Crippen molar-refractivity contribution in [3.05, 3.63) is 48.0 Å². The summed E-state index contributed by atoms with van der Waals surface area (Å²) < 4.78 is 5.33. The van der Waals surface area contributed by atoms with Crippen LogP contribution in [-0.2, 0) is 0 Å². The van der Waals surface area contributed by atoms with E-state index in [1.54, 1.807) is 19.2 Å². The number of benzene rings is 2. The molecule has 2 N–H and O–H groups in total. The molecule has 0 saturated heterocycles. The average molecular weight is 296 g/mol. The van der Waals surface area contributed by atoms with Crippen LogP contribution in [-0.4, -0.2) is 38.8 Å². The van der Waals surface area contributed by atoms with Gasteiger partial charge in [-0.05, 0) is 35.0 Å². The average Bonchev–Trinajstić information content (AvgIpc) is 3.09. The zero-order chi connectivity index (χ0) is 15.5. The van der Waals surface area contributed by atoms with Crippen molar-refractivity contribution in [2.24, 2.45) is 0 Å². The van der Waals surface area contributed by atoms with E-state index in [0.717, 1.165) is 5.56 Å². The van der Waals surface area contributed by atoms with Gasteiger partial charge in [0, 0.05) is 11.1 Å². The quantitative estimate of drug-likeness (QED) is 0.765. The maximum absolute atomic E-state index is 11.4. The maximum atomic E-state index is 11.4. The van der Waals surface area contributed by atoms with Crippen LogP contribution in [0.1, 0.15) is 10.4 Å². The fourth-order valence-electron chi connectivity index (χ4n) is 2.20. The number of carboxylic acids is 1. The molecule has 0 radical (unpaired) electrons. The van der Waals surface area contributed by atoms with E-state index in [4.69, 9.17) is 4.74 Å². The Balaban J connectivity index is 2.21. The molecule has 0 unspecified atom stereocenters. The molecule has 1 aromatic heterocycles. The Morgan fingerprint density at radius 3 is 2.64 bits per heavy atom. The number of hydrogen-bond acceptors (Lipinski definition) is 5.